The number of halogens is 1. The number of fused-ring (bicyclic) bond motifs is 1. The number of aryl methyl sites for hydroxylation is 2. The monoisotopic (exact) mass is 504 g/mol. The second kappa shape index (κ2) is 13.6. The van der Waals surface area contributed by atoms with Gasteiger partial charge in [0.2, 0.25) is 5.91 Å². The number of unbranched alkanes of at least 4 members (excludes halogenated alkanes) is 2. The number of carbonyl (C=O) groups is 1. The minimum atomic E-state index is -0.186. The smallest absolute Gasteiger partial charge is 0.261 e. The molecule has 0 unspecified atom stereocenters. The summed E-state index contributed by atoms with van der Waals surface area (Å²) in [6.45, 7) is 1.19. The fourth-order valence-electron chi connectivity index (χ4n) is 4.21. The number of nitrogens with zero attached hydrogens (tertiary/aromatic N) is 2. The minimum Gasteiger partial charge on any atom is -0.355 e. The summed E-state index contributed by atoms with van der Waals surface area (Å²) in [5, 5.41) is 3.46. The van der Waals surface area contributed by atoms with Gasteiger partial charge in [-0.25, -0.2) is 4.98 Å². The van der Waals surface area contributed by atoms with Crippen molar-refractivity contribution < 1.29 is 4.79 Å². The molecule has 0 radical (unpaired) electrons. The molecule has 0 aliphatic rings. The van der Waals surface area contributed by atoms with E-state index in [1.165, 1.54) is 4.57 Å². The maximum absolute atomic E-state index is 13.6. The average molecular weight is 505 g/mol. The van der Waals surface area contributed by atoms with Crippen LogP contribution in [0.3, 0.4) is 0 Å². The summed E-state index contributed by atoms with van der Waals surface area (Å²) in [5.41, 5.74) is 9.14. The van der Waals surface area contributed by atoms with E-state index in [2.05, 4.69) is 17.4 Å². The number of carbonyl (C=O) groups excluding carboxylic acids is 1. The normalized spacial score (nSPS) is 10.7. The Labute approximate surface area is 218 Å². The van der Waals surface area contributed by atoms with Gasteiger partial charge in [0, 0.05) is 13.0 Å². The topological polar surface area (TPSA) is 90.0 Å². The SMILES string of the molecule is Cl.NCCCCCNC(=O)Cn1c(CCc2ccccc2)nc2ccc(-c3ccccc3)cc2c1=O. The van der Waals surface area contributed by atoms with Crippen LogP contribution in [0, 0.1) is 0 Å². The molecule has 3 aromatic carbocycles. The minimum absolute atomic E-state index is 0. The van der Waals surface area contributed by atoms with E-state index >= 15 is 0 Å². The van der Waals surface area contributed by atoms with Gasteiger partial charge in [-0.1, -0.05) is 73.2 Å². The van der Waals surface area contributed by atoms with Gasteiger partial charge in [0.05, 0.1) is 10.9 Å². The summed E-state index contributed by atoms with van der Waals surface area (Å²) in [7, 11) is 0. The number of nitrogens with one attached hydrogen (secondary N) is 1. The second-order valence-electron chi connectivity index (χ2n) is 8.70. The number of hydrogen-bond acceptors (Lipinski definition) is 4. The Morgan fingerprint density at radius 2 is 1.58 bits per heavy atom. The number of rotatable bonds is 11. The van der Waals surface area contributed by atoms with E-state index in [0.717, 1.165) is 42.4 Å². The average Bonchev–Trinajstić information content (AvgIpc) is 2.90. The zero-order chi connectivity index (χ0) is 24.5. The maximum atomic E-state index is 13.6. The quantitative estimate of drug-likeness (QED) is 0.294. The Kier molecular flexibility index (Phi) is 10.2. The van der Waals surface area contributed by atoms with Crippen molar-refractivity contribution in [1.29, 1.82) is 0 Å². The molecule has 7 heteroatoms. The van der Waals surface area contributed by atoms with Gasteiger partial charge in [0.1, 0.15) is 12.4 Å². The first-order valence-corrected chi connectivity index (χ1v) is 12.3. The van der Waals surface area contributed by atoms with Crippen LogP contribution >= 0.6 is 12.4 Å². The van der Waals surface area contributed by atoms with E-state index in [0.29, 0.717) is 36.2 Å². The molecule has 0 atom stereocenters. The first kappa shape index (κ1) is 27.1. The van der Waals surface area contributed by atoms with E-state index < -0.39 is 0 Å². The van der Waals surface area contributed by atoms with Gasteiger partial charge in [-0.3, -0.25) is 14.2 Å². The van der Waals surface area contributed by atoms with Crippen LogP contribution in [0.25, 0.3) is 22.0 Å². The van der Waals surface area contributed by atoms with E-state index in [1.807, 2.05) is 66.7 Å². The summed E-state index contributed by atoms with van der Waals surface area (Å²) in [4.78, 5) is 31.2. The first-order valence-electron chi connectivity index (χ1n) is 12.3. The molecule has 0 aliphatic heterocycles. The molecule has 3 N–H and O–H groups in total. The van der Waals surface area contributed by atoms with Gasteiger partial charge < -0.3 is 11.1 Å². The molecule has 0 fully saturated rings. The molecular formula is C29H33ClN4O2. The summed E-state index contributed by atoms with van der Waals surface area (Å²) < 4.78 is 1.54. The van der Waals surface area contributed by atoms with Crippen molar-refractivity contribution in [3.63, 3.8) is 0 Å². The van der Waals surface area contributed by atoms with Crippen molar-refractivity contribution in [1.82, 2.24) is 14.9 Å². The summed E-state index contributed by atoms with van der Waals surface area (Å²) in [6, 6.07) is 25.8. The van der Waals surface area contributed by atoms with Gasteiger partial charge in [0.25, 0.3) is 5.56 Å². The molecule has 1 amide bonds. The lowest BCUT2D eigenvalue weighted by molar-refractivity contribution is -0.121. The van der Waals surface area contributed by atoms with E-state index in [1.54, 1.807) is 0 Å². The molecule has 6 nitrogen and oxygen atoms in total. The van der Waals surface area contributed by atoms with E-state index in [-0.39, 0.29) is 30.4 Å². The highest BCUT2D eigenvalue weighted by molar-refractivity contribution is 5.85. The fourth-order valence-corrected chi connectivity index (χ4v) is 4.21. The molecule has 0 aliphatic carbocycles. The van der Waals surface area contributed by atoms with Crippen LogP contribution in [-0.2, 0) is 24.2 Å². The number of hydrogen-bond donors (Lipinski definition) is 2. The lowest BCUT2D eigenvalue weighted by Crippen LogP contribution is -2.35. The highest BCUT2D eigenvalue weighted by Crippen LogP contribution is 2.22. The zero-order valence-electron chi connectivity index (χ0n) is 20.4. The second-order valence-corrected chi connectivity index (χ2v) is 8.70. The highest BCUT2D eigenvalue weighted by Gasteiger charge is 2.15. The predicted molar refractivity (Wildman–Crippen MR) is 148 cm³/mol. The van der Waals surface area contributed by atoms with Crippen molar-refractivity contribution in [2.24, 2.45) is 5.73 Å². The van der Waals surface area contributed by atoms with Crippen molar-refractivity contribution in [3.8, 4) is 11.1 Å². The molecule has 4 rings (SSSR count). The Hall–Kier alpha value is -3.48. The van der Waals surface area contributed by atoms with Crippen LogP contribution < -0.4 is 16.6 Å². The van der Waals surface area contributed by atoms with Crippen LogP contribution in [0.4, 0.5) is 0 Å². The zero-order valence-corrected chi connectivity index (χ0v) is 21.2. The summed E-state index contributed by atoms with van der Waals surface area (Å²) in [5.74, 6) is 0.443. The van der Waals surface area contributed by atoms with Gasteiger partial charge >= 0.3 is 0 Å². The molecule has 4 aromatic rings. The molecular weight excluding hydrogens is 472 g/mol. The van der Waals surface area contributed by atoms with Gasteiger partial charge in [-0.05, 0) is 54.6 Å². The molecule has 1 aromatic heterocycles. The lowest BCUT2D eigenvalue weighted by atomic mass is 10.0. The summed E-state index contributed by atoms with van der Waals surface area (Å²) >= 11 is 0. The number of aromatic nitrogens is 2. The maximum Gasteiger partial charge on any atom is 0.261 e. The van der Waals surface area contributed by atoms with Crippen LogP contribution in [0.15, 0.2) is 83.7 Å². The molecule has 0 spiro atoms. The summed E-state index contributed by atoms with van der Waals surface area (Å²) in [6.07, 6.45) is 4.09. The van der Waals surface area contributed by atoms with Gasteiger partial charge in [0.15, 0.2) is 0 Å². The lowest BCUT2D eigenvalue weighted by Gasteiger charge is -2.14. The third-order valence-electron chi connectivity index (χ3n) is 6.13. The fraction of sp³-hybridized carbons (Fsp3) is 0.276. The van der Waals surface area contributed by atoms with Crippen molar-refractivity contribution in [2.75, 3.05) is 13.1 Å². The number of nitrogens with two attached hydrogens (primary N) is 1. The third-order valence-corrected chi connectivity index (χ3v) is 6.13. The van der Waals surface area contributed by atoms with Gasteiger partial charge in [-0.2, -0.15) is 0 Å². The standard InChI is InChI=1S/C29H32N4O2.ClH/c30-18-8-3-9-19-31-28(34)21-33-27(17-14-22-10-4-1-5-11-22)32-26-16-15-24(20-25(26)29(33)35)23-12-6-2-7-13-23;/h1-2,4-7,10-13,15-16,20H,3,8-9,14,17-19,21,30H2,(H,31,34);1H. The molecule has 0 saturated carbocycles. The first-order chi connectivity index (χ1) is 17.2. The molecule has 188 valence electrons. The largest absolute Gasteiger partial charge is 0.355 e. The Bertz CT molecular complexity index is 1320. The Balaban J connectivity index is 0.00000361. The molecule has 1 heterocycles. The van der Waals surface area contributed by atoms with Crippen LogP contribution in [0.2, 0.25) is 0 Å². The Morgan fingerprint density at radius 1 is 0.861 bits per heavy atom. The molecule has 0 saturated heterocycles. The number of amides is 1. The van der Waals surface area contributed by atoms with Crippen LogP contribution in [0.1, 0.15) is 30.7 Å². The third kappa shape index (κ3) is 7.03. The Morgan fingerprint density at radius 3 is 2.31 bits per heavy atom. The predicted octanol–water partition coefficient (Wildman–Crippen LogP) is 4.52. The van der Waals surface area contributed by atoms with Crippen LogP contribution in [0.5, 0.6) is 0 Å². The van der Waals surface area contributed by atoms with Crippen molar-refractivity contribution in [2.45, 2.75) is 38.6 Å². The molecule has 0 bridgehead atoms. The van der Waals surface area contributed by atoms with Crippen LogP contribution in [-0.4, -0.2) is 28.5 Å². The van der Waals surface area contributed by atoms with Gasteiger partial charge in [-0.15, -0.1) is 12.4 Å². The van der Waals surface area contributed by atoms with Crippen molar-refractivity contribution >= 4 is 29.2 Å². The number of benzene rings is 3. The van der Waals surface area contributed by atoms with Crippen molar-refractivity contribution in [3.05, 3.63) is 101 Å². The van der Waals surface area contributed by atoms with E-state index in [4.69, 9.17) is 10.7 Å². The van der Waals surface area contributed by atoms with E-state index in [9.17, 15) is 9.59 Å². The highest BCUT2D eigenvalue weighted by atomic mass is 35.5. The molecule has 36 heavy (non-hydrogen) atoms.